The zero-order valence-corrected chi connectivity index (χ0v) is 11.0. The van der Waals surface area contributed by atoms with Crippen molar-refractivity contribution in [3.05, 3.63) is 71.8 Å². The van der Waals surface area contributed by atoms with Crippen LogP contribution in [0.2, 0.25) is 0 Å². The highest BCUT2D eigenvalue weighted by atomic mass is 16.7. The summed E-state index contributed by atoms with van der Waals surface area (Å²) in [4.78, 5) is 0. The molecule has 2 nitrogen and oxygen atoms in total. The molecular formula is C17H18O2. The third-order valence-electron chi connectivity index (χ3n) is 3.50. The maximum absolute atomic E-state index is 6.15. The Balaban J connectivity index is 1.82. The highest BCUT2D eigenvalue weighted by molar-refractivity contribution is 5.20. The number of hydrogen-bond acceptors (Lipinski definition) is 2. The summed E-state index contributed by atoms with van der Waals surface area (Å²) in [5, 5.41) is 0. The minimum absolute atomic E-state index is 0.0974. The summed E-state index contributed by atoms with van der Waals surface area (Å²) in [7, 11) is 0. The van der Waals surface area contributed by atoms with E-state index in [2.05, 4.69) is 31.2 Å². The van der Waals surface area contributed by atoms with Gasteiger partial charge in [-0.25, -0.2) is 0 Å². The van der Waals surface area contributed by atoms with E-state index in [1.54, 1.807) is 0 Å². The second-order valence-corrected chi connectivity index (χ2v) is 5.02. The van der Waals surface area contributed by atoms with Gasteiger partial charge in [0.2, 0.25) is 0 Å². The Kier molecular flexibility index (Phi) is 3.62. The van der Waals surface area contributed by atoms with E-state index in [9.17, 15) is 0 Å². The Morgan fingerprint density at radius 2 is 1.42 bits per heavy atom. The molecular weight excluding hydrogens is 236 g/mol. The molecule has 1 aliphatic rings. The van der Waals surface area contributed by atoms with Crippen molar-refractivity contribution < 1.29 is 9.47 Å². The van der Waals surface area contributed by atoms with Crippen molar-refractivity contribution in [3.8, 4) is 0 Å². The molecule has 0 aliphatic carbocycles. The SMILES string of the molecule is C[C@@H]1CO[C@H](c2ccccc2)O[C@@H]1c1ccccc1. The van der Waals surface area contributed by atoms with Gasteiger partial charge in [-0.15, -0.1) is 0 Å². The summed E-state index contributed by atoms with van der Waals surface area (Å²) in [6, 6.07) is 20.5. The number of benzene rings is 2. The van der Waals surface area contributed by atoms with Gasteiger partial charge >= 0.3 is 0 Å². The maximum atomic E-state index is 6.15. The Morgan fingerprint density at radius 1 is 0.842 bits per heavy atom. The molecule has 0 bridgehead atoms. The van der Waals surface area contributed by atoms with E-state index in [1.807, 2.05) is 36.4 Å². The molecule has 2 heteroatoms. The number of rotatable bonds is 2. The van der Waals surface area contributed by atoms with Gasteiger partial charge in [-0.05, 0) is 5.56 Å². The van der Waals surface area contributed by atoms with Crippen LogP contribution in [0.3, 0.4) is 0 Å². The molecule has 1 aliphatic heterocycles. The number of ether oxygens (including phenoxy) is 2. The van der Waals surface area contributed by atoms with Crippen molar-refractivity contribution in [2.24, 2.45) is 5.92 Å². The molecule has 3 rings (SSSR count). The summed E-state index contributed by atoms with van der Waals surface area (Å²) in [5.41, 5.74) is 2.30. The molecule has 2 aromatic rings. The highest BCUT2D eigenvalue weighted by Gasteiger charge is 2.30. The third kappa shape index (κ3) is 2.70. The summed E-state index contributed by atoms with van der Waals surface area (Å²) in [5.74, 6) is 0.363. The van der Waals surface area contributed by atoms with Gasteiger partial charge in [0, 0.05) is 11.5 Å². The first kappa shape index (κ1) is 12.4. The predicted molar refractivity (Wildman–Crippen MR) is 74.6 cm³/mol. The first-order valence-electron chi connectivity index (χ1n) is 6.71. The average molecular weight is 254 g/mol. The van der Waals surface area contributed by atoms with Crippen LogP contribution >= 0.6 is 0 Å². The summed E-state index contributed by atoms with van der Waals surface area (Å²) in [6.45, 7) is 2.89. The zero-order chi connectivity index (χ0) is 13.1. The monoisotopic (exact) mass is 254 g/mol. The van der Waals surface area contributed by atoms with Gasteiger partial charge < -0.3 is 9.47 Å². The second-order valence-electron chi connectivity index (χ2n) is 5.02. The topological polar surface area (TPSA) is 18.5 Å². The summed E-state index contributed by atoms with van der Waals surface area (Å²) < 4.78 is 12.0. The maximum Gasteiger partial charge on any atom is 0.184 e. The minimum Gasteiger partial charge on any atom is -0.348 e. The van der Waals surface area contributed by atoms with E-state index in [1.165, 1.54) is 5.56 Å². The fourth-order valence-corrected chi connectivity index (χ4v) is 2.47. The molecule has 1 saturated heterocycles. The standard InChI is InChI=1S/C17H18O2/c1-13-12-18-17(15-10-6-3-7-11-15)19-16(13)14-8-4-2-5-9-14/h2-11,13,16-17H,12H2,1H3/t13-,16+,17+/m1/s1. The summed E-state index contributed by atoms with van der Waals surface area (Å²) >= 11 is 0. The van der Waals surface area contributed by atoms with Gasteiger partial charge in [0.15, 0.2) is 6.29 Å². The Labute approximate surface area is 114 Å². The van der Waals surface area contributed by atoms with Crippen LogP contribution in [-0.2, 0) is 9.47 Å². The lowest BCUT2D eigenvalue weighted by molar-refractivity contribution is -0.241. The number of hydrogen-bond donors (Lipinski definition) is 0. The largest absolute Gasteiger partial charge is 0.348 e. The molecule has 19 heavy (non-hydrogen) atoms. The van der Waals surface area contributed by atoms with E-state index in [-0.39, 0.29) is 12.4 Å². The fourth-order valence-electron chi connectivity index (χ4n) is 2.47. The molecule has 98 valence electrons. The van der Waals surface area contributed by atoms with Crippen LogP contribution in [0.1, 0.15) is 30.4 Å². The fraction of sp³-hybridized carbons (Fsp3) is 0.294. The van der Waals surface area contributed by atoms with Crippen molar-refractivity contribution in [2.75, 3.05) is 6.61 Å². The minimum atomic E-state index is -0.261. The van der Waals surface area contributed by atoms with Gasteiger partial charge in [0.05, 0.1) is 12.7 Å². The van der Waals surface area contributed by atoms with E-state index >= 15 is 0 Å². The third-order valence-corrected chi connectivity index (χ3v) is 3.50. The van der Waals surface area contributed by atoms with Crippen molar-refractivity contribution in [3.63, 3.8) is 0 Å². The lowest BCUT2D eigenvalue weighted by Gasteiger charge is -2.35. The Hall–Kier alpha value is -1.64. The molecule has 0 spiro atoms. The van der Waals surface area contributed by atoms with Crippen LogP contribution < -0.4 is 0 Å². The van der Waals surface area contributed by atoms with Crippen molar-refractivity contribution in [2.45, 2.75) is 19.3 Å². The van der Waals surface area contributed by atoms with Gasteiger partial charge in [-0.2, -0.15) is 0 Å². The molecule has 0 N–H and O–H groups in total. The molecule has 1 heterocycles. The predicted octanol–water partition coefficient (Wildman–Crippen LogP) is 4.11. The van der Waals surface area contributed by atoms with Crippen LogP contribution in [0.4, 0.5) is 0 Å². The van der Waals surface area contributed by atoms with Gasteiger partial charge in [-0.3, -0.25) is 0 Å². The molecule has 0 saturated carbocycles. The van der Waals surface area contributed by atoms with E-state index in [0.717, 1.165) is 12.2 Å². The van der Waals surface area contributed by atoms with Crippen LogP contribution in [0.5, 0.6) is 0 Å². The summed E-state index contributed by atoms with van der Waals surface area (Å²) in [6.07, 6.45) is -0.164. The van der Waals surface area contributed by atoms with Crippen LogP contribution in [0.25, 0.3) is 0 Å². The molecule has 0 unspecified atom stereocenters. The van der Waals surface area contributed by atoms with Gasteiger partial charge in [-0.1, -0.05) is 67.6 Å². The van der Waals surface area contributed by atoms with E-state index in [0.29, 0.717) is 5.92 Å². The first-order chi connectivity index (χ1) is 9.34. The average Bonchev–Trinajstić information content (AvgIpc) is 2.49. The van der Waals surface area contributed by atoms with Gasteiger partial charge in [0.25, 0.3) is 0 Å². The lowest BCUT2D eigenvalue weighted by atomic mass is 9.96. The van der Waals surface area contributed by atoms with E-state index in [4.69, 9.17) is 9.47 Å². The molecule has 1 fully saturated rings. The van der Waals surface area contributed by atoms with Crippen LogP contribution in [0, 0.1) is 5.92 Å². The van der Waals surface area contributed by atoms with Crippen LogP contribution in [-0.4, -0.2) is 6.61 Å². The zero-order valence-electron chi connectivity index (χ0n) is 11.0. The van der Waals surface area contributed by atoms with Gasteiger partial charge in [0.1, 0.15) is 0 Å². The van der Waals surface area contributed by atoms with E-state index < -0.39 is 0 Å². The lowest BCUT2D eigenvalue weighted by Crippen LogP contribution is -2.28. The van der Waals surface area contributed by atoms with Crippen molar-refractivity contribution in [1.29, 1.82) is 0 Å². The van der Waals surface area contributed by atoms with Crippen molar-refractivity contribution in [1.82, 2.24) is 0 Å². The highest BCUT2D eigenvalue weighted by Crippen LogP contribution is 2.37. The molecule has 2 aromatic carbocycles. The first-order valence-corrected chi connectivity index (χ1v) is 6.71. The second kappa shape index (κ2) is 5.55. The molecule has 3 atom stereocenters. The molecule has 0 radical (unpaired) electrons. The quantitative estimate of drug-likeness (QED) is 0.803. The van der Waals surface area contributed by atoms with Crippen LogP contribution in [0.15, 0.2) is 60.7 Å². The Morgan fingerprint density at radius 3 is 2.05 bits per heavy atom. The van der Waals surface area contributed by atoms with Crippen molar-refractivity contribution >= 4 is 0 Å². The smallest absolute Gasteiger partial charge is 0.184 e. The Bertz CT molecular complexity index is 509. The molecule has 0 amide bonds. The molecule has 0 aromatic heterocycles. The normalized spacial score (nSPS) is 27.1.